The summed E-state index contributed by atoms with van der Waals surface area (Å²) in [6.07, 6.45) is 2.05. The summed E-state index contributed by atoms with van der Waals surface area (Å²) >= 11 is 2.52. The zero-order chi connectivity index (χ0) is 12.0. The van der Waals surface area contributed by atoms with Gasteiger partial charge in [-0.3, -0.25) is 14.0 Å². The lowest BCUT2D eigenvalue weighted by molar-refractivity contribution is 0.241. The van der Waals surface area contributed by atoms with Gasteiger partial charge in [-0.05, 0) is 24.7 Å². The second kappa shape index (κ2) is 6.94. The summed E-state index contributed by atoms with van der Waals surface area (Å²) in [5.74, 6) is 1.49. The fraction of sp³-hybridized carbons (Fsp3) is 0.889. The summed E-state index contributed by atoms with van der Waals surface area (Å²) in [5.41, 5.74) is 0. The van der Waals surface area contributed by atoms with Gasteiger partial charge in [0.15, 0.2) is 0 Å². The van der Waals surface area contributed by atoms with E-state index < -0.39 is 6.72 Å². The van der Waals surface area contributed by atoms with E-state index >= 15 is 0 Å². The number of hydrogen-bond donors (Lipinski definition) is 0. The Bertz CT molecular complexity index is 288. The van der Waals surface area contributed by atoms with Crippen LogP contribution in [0.1, 0.15) is 26.7 Å². The number of thioether (sulfide) groups is 1. The molecular formula is C9H18NO3PS2. The minimum Gasteiger partial charge on any atom is -0.306 e. The molecule has 1 aliphatic heterocycles. The van der Waals surface area contributed by atoms with Crippen LogP contribution in [-0.4, -0.2) is 34.6 Å². The number of hydrogen-bond acceptors (Lipinski definition) is 5. The topological polar surface area (TPSA) is 46.6 Å². The highest BCUT2D eigenvalue weighted by Gasteiger charge is 2.39. The molecule has 1 aliphatic rings. The van der Waals surface area contributed by atoms with Crippen LogP contribution >= 0.6 is 29.9 Å². The van der Waals surface area contributed by atoms with Gasteiger partial charge in [-0.15, -0.1) is 0 Å². The Kier molecular flexibility index (Phi) is 6.26. The molecule has 1 heterocycles. The Hall–Kier alpha value is 0.360. The molecule has 1 fully saturated rings. The molecule has 0 saturated carbocycles. The molecule has 0 radical (unpaired) electrons. The maximum atomic E-state index is 12.5. The Morgan fingerprint density at radius 1 is 1.56 bits per heavy atom. The molecule has 1 atom stereocenters. The Labute approximate surface area is 105 Å². The molecule has 0 aromatic heterocycles. The molecule has 0 unspecified atom stereocenters. The monoisotopic (exact) mass is 283 g/mol. The molecule has 0 aliphatic carbocycles. The zero-order valence-corrected chi connectivity index (χ0v) is 12.2. The van der Waals surface area contributed by atoms with Crippen LogP contribution in [0.2, 0.25) is 0 Å². The molecule has 7 heteroatoms. The molecule has 1 saturated heterocycles. The minimum absolute atomic E-state index is 0.110. The fourth-order valence-electron chi connectivity index (χ4n) is 1.27. The van der Waals surface area contributed by atoms with Gasteiger partial charge in [0.1, 0.15) is 0 Å². The van der Waals surface area contributed by atoms with Crippen molar-refractivity contribution < 1.29 is 13.9 Å². The fourth-order valence-corrected chi connectivity index (χ4v) is 7.12. The summed E-state index contributed by atoms with van der Waals surface area (Å²) in [6, 6.07) is 0. The van der Waals surface area contributed by atoms with Crippen molar-refractivity contribution in [2.24, 2.45) is 0 Å². The summed E-state index contributed by atoms with van der Waals surface area (Å²) in [7, 11) is 0. The van der Waals surface area contributed by atoms with E-state index in [1.807, 2.05) is 0 Å². The van der Waals surface area contributed by atoms with Gasteiger partial charge in [0.25, 0.3) is 5.24 Å². The van der Waals surface area contributed by atoms with Crippen molar-refractivity contribution in [2.75, 3.05) is 24.7 Å². The SMILES string of the molecule is CCCCS[P@@](=O)(OCC)N1CCSC1=O. The lowest BCUT2D eigenvalue weighted by Gasteiger charge is -2.25. The first-order valence-electron chi connectivity index (χ1n) is 5.48. The van der Waals surface area contributed by atoms with E-state index in [4.69, 9.17) is 4.52 Å². The molecule has 0 bridgehead atoms. The molecule has 0 spiro atoms. The van der Waals surface area contributed by atoms with Crippen LogP contribution in [0.25, 0.3) is 0 Å². The van der Waals surface area contributed by atoms with Gasteiger partial charge in [0.05, 0.1) is 6.61 Å². The van der Waals surface area contributed by atoms with E-state index in [0.717, 1.165) is 18.6 Å². The highest BCUT2D eigenvalue weighted by Crippen LogP contribution is 2.64. The molecule has 1 rings (SSSR count). The first-order chi connectivity index (χ1) is 7.64. The summed E-state index contributed by atoms with van der Waals surface area (Å²) in [5, 5.41) is -0.110. The average Bonchev–Trinajstić information content (AvgIpc) is 2.66. The van der Waals surface area contributed by atoms with Crippen molar-refractivity contribution in [3.05, 3.63) is 0 Å². The number of unbranched alkanes of at least 4 members (excludes halogenated alkanes) is 1. The molecule has 0 aromatic carbocycles. The van der Waals surface area contributed by atoms with Crippen molar-refractivity contribution in [1.29, 1.82) is 0 Å². The average molecular weight is 283 g/mol. The van der Waals surface area contributed by atoms with Crippen LogP contribution in [0, 0.1) is 0 Å². The summed E-state index contributed by atoms with van der Waals surface area (Å²) < 4.78 is 19.3. The summed E-state index contributed by atoms with van der Waals surface area (Å²) in [4.78, 5) is 11.6. The van der Waals surface area contributed by atoms with E-state index in [0.29, 0.717) is 18.9 Å². The third-order valence-electron chi connectivity index (χ3n) is 2.08. The van der Waals surface area contributed by atoms with Gasteiger partial charge in [-0.1, -0.05) is 25.1 Å². The first-order valence-corrected chi connectivity index (χ1v) is 9.63. The summed E-state index contributed by atoms with van der Waals surface area (Å²) in [6.45, 7) is 1.84. The van der Waals surface area contributed by atoms with Gasteiger partial charge in [0.2, 0.25) is 0 Å². The van der Waals surface area contributed by atoms with Crippen LogP contribution in [0.4, 0.5) is 4.79 Å². The van der Waals surface area contributed by atoms with Crippen LogP contribution in [0.3, 0.4) is 0 Å². The van der Waals surface area contributed by atoms with Crippen LogP contribution < -0.4 is 0 Å². The molecule has 1 amide bonds. The minimum atomic E-state index is -2.97. The zero-order valence-electron chi connectivity index (χ0n) is 9.68. The van der Waals surface area contributed by atoms with Gasteiger partial charge >= 0.3 is 6.72 Å². The highest BCUT2D eigenvalue weighted by molar-refractivity contribution is 8.56. The van der Waals surface area contributed by atoms with E-state index in [2.05, 4.69) is 6.92 Å². The Morgan fingerprint density at radius 2 is 2.31 bits per heavy atom. The van der Waals surface area contributed by atoms with Crippen LogP contribution in [0.5, 0.6) is 0 Å². The predicted molar refractivity (Wildman–Crippen MR) is 71.2 cm³/mol. The molecule has 0 N–H and O–H groups in total. The normalized spacial score (nSPS) is 20.1. The Morgan fingerprint density at radius 3 is 2.81 bits per heavy atom. The van der Waals surface area contributed by atoms with Crippen molar-refractivity contribution in [3.63, 3.8) is 0 Å². The quantitative estimate of drug-likeness (QED) is 0.525. The standard InChI is InChI=1S/C9H18NO3PS2/c1-3-5-7-16-14(12,13-4-2)10-6-8-15-9(10)11/h3-8H2,1-2H3/t14-/m0/s1. The van der Waals surface area contributed by atoms with Crippen molar-refractivity contribution >= 4 is 35.1 Å². The second-order valence-electron chi connectivity index (χ2n) is 3.31. The predicted octanol–water partition coefficient (Wildman–Crippen LogP) is 3.83. The van der Waals surface area contributed by atoms with Crippen molar-refractivity contribution in [1.82, 2.24) is 4.67 Å². The van der Waals surface area contributed by atoms with Crippen LogP contribution in [-0.2, 0) is 9.09 Å². The maximum Gasteiger partial charge on any atom is 0.356 e. The number of amides is 1. The van der Waals surface area contributed by atoms with Crippen molar-refractivity contribution in [3.8, 4) is 0 Å². The molecular weight excluding hydrogens is 265 g/mol. The third kappa shape index (κ3) is 3.69. The first kappa shape index (κ1) is 14.4. The number of nitrogens with zero attached hydrogens (tertiary/aromatic N) is 1. The lowest BCUT2D eigenvalue weighted by atomic mass is 10.4. The molecule has 94 valence electrons. The second-order valence-corrected chi connectivity index (χ2v) is 8.86. The molecule has 16 heavy (non-hydrogen) atoms. The molecule has 0 aromatic rings. The van der Waals surface area contributed by atoms with Crippen molar-refractivity contribution in [2.45, 2.75) is 26.7 Å². The van der Waals surface area contributed by atoms with Crippen LogP contribution in [0.15, 0.2) is 0 Å². The van der Waals surface area contributed by atoms with Gasteiger partial charge in [-0.25, -0.2) is 0 Å². The highest BCUT2D eigenvalue weighted by atomic mass is 32.7. The van der Waals surface area contributed by atoms with Gasteiger partial charge < -0.3 is 4.52 Å². The molecule has 4 nitrogen and oxygen atoms in total. The van der Waals surface area contributed by atoms with E-state index in [1.54, 1.807) is 6.92 Å². The maximum absolute atomic E-state index is 12.5. The van der Waals surface area contributed by atoms with E-state index in [9.17, 15) is 9.36 Å². The van der Waals surface area contributed by atoms with E-state index in [-0.39, 0.29) is 5.24 Å². The third-order valence-corrected chi connectivity index (χ3v) is 7.86. The number of carbonyl (C=O) groups is 1. The number of rotatable bonds is 7. The smallest absolute Gasteiger partial charge is 0.306 e. The Balaban J connectivity index is 2.63. The largest absolute Gasteiger partial charge is 0.356 e. The number of carbonyl (C=O) groups excluding carboxylic acids is 1. The van der Waals surface area contributed by atoms with Gasteiger partial charge in [0, 0.05) is 18.1 Å². The van der Waals surface area contributed by atoms with Gasteiger partial charge in [-0.2, -0.15) is 0 Å². The lowest BCUT2D eigenvalue weighted by Crippen LogP contribution is -2.20. The van der Waals surface area contributed by atoms with E-state index in [1.165, 1.54) is 27.8 Å².